The second-order valence-electron chi connectivity index (χ2n) is 5.74. The Morgan fingerprint density at radius 2 is 2.36 bits per heavy atom. The number of aryl methyl sites for hydroxylation is 1. The average Bonchev–Trinajstić information content (AvgIpc) is 3.25. The molecule has 4 heterocycles. The molecule has 1 fully saturated rings. The maximum Gasteiger partial charge on any atom is 0.139 e. The Morgan fingerprint density at radius 3 is 3.14 bits per heavy atom. The van der Waals surface area contributed by atoms with Gasteiger partial charge in [0.2, 0.25) is 0 Å². The average molecular weight is 313 g/mol. The number of pyridine rings is 1. The molecule has 0 radical (unpaired) electrons. The minimum absolute atomic E-state index is 0.312. The molecular weight excluding hydrogens is 294 g/mol. The predicted octanol–water partition coefficient (Wildman–Crippen LogP) is 3.96. The maximum absolute atomic E-state index is 5.73. The van der Waals surface area contributed by atoms with E-state index >= 15 is 0 Å². The number of aromatic nitrogens is 2. The summed E-state index contributed by atoms with van der Waals surface area (Å²) >= 11 is 1.72. The maximum atomic E-state index is 5.73. The first-order valence-corrected chi connectivity index (χ1v) is 8.57. The minimum Gasteiger partial charge on any atom is -0.376 e. The Kier molecular flexibility index (Phi) is 3.60. The first kappa shape index (κ1) is 13.8. The molecule has 5 heteroatoms. The van der Waals surface area contributed by atoms with E-state index in [1.165, 1.54) is 10.4 Å². The highest BCUT2D eigenvalue weighted by Gasteiger charge is 2.19. The van der Waals surface area contributed by atoms with Gasteiger partial charge < -0.3 is 10.1 Å². The van der Waals surface area contributed by atoms with Gasteiger partial charge in [-0.2, -0.15) is 0 Å². The van der Waals surface area contributed by atoms with Crippen LogP contribution in [0.25, 0.3) is 16.2 Å². The zero-order chi connectivity index (χ0) is 14.9. The number of ether oxygens (including phenoxy) is 1. The van der Waals surface area contributed by atoms with Gasteiger partial charge in [-0.05, 0) is 42.8 Å². The molecule has 22 heavy (non-hydrogen) atoms. The standard InChI is InChI=1S/C17H19N3OS/c1-12-6-7-15-19-16(14-5-3-9-22-14)17(20(15)11-12)18-10-13-4-2-8-21-13/h3,5-7,9,11,13,18H,2,4,8,10H2,1H3. The fraction of sp³-hybridized carbons (Fsp3) is 0.353. The zero-order valence-electron chi connectivity index (χ0n) is 12.6. The summed E-state index contributed by atoms with van der Waals surface area (Å²) in [5.74, 6) is 1.07. The van der Waals surface area contributed by atoms with Gasteiger partial charge in [-0.1, -0.05) is 12.1 Å². The fourth-order valence-corrected chi connectivity index (χ4v) is 3.64. The number of nitrogens with one attached hydrogen (secondary N) is 1. The van der Waals surface area contributed by atoms with Gasteiger partial charge >= 0.3 is 0 Å². The van der Waals surface area contributed by atoms with Crippen molar-refractivity contribution in [2.75, 3.05) is 18.5 Å². The molecule has 4 rings (SSSR count). The summed E-state index contributed by atoms with van der Waals surface area (Å²) in [5, 5.41) is 5.67. The van der Waals surface area contributed by atoms with E-state index in [4.69, 9.17) is 9.72 Å². The van der Waals surface area contributed by atoms with Crippen molar-refractivity contribution in [2.45, 2.75) is 25.9 Å². The number of imidazole rings is 1. The zero-order valence-corrected chi connectivity index (χ0v) is 13.4. The van der Waals surface area contributed by atoms with E-state index in [0.29, 0.717) is 6.10 Å². The Hall–Kier alpha value is -1.85. The molecule has 1 aliphatic rings. The fourth-order valence-electron chi connectivity index (χ4n) is 2.92. The molecular formula is C17H19N3OS. The molecule has 1 unspecified atom stereocenters. The molecule has 1 atom stereocenters. The number of hydrogen-bond donors (Lipinski definition) is 1. The largest absolute Gasteiger partial charge is 0.376 e. The van der Waals surface area contributed by atoms with Crippen LogP contribution in [0.1, 0.15) is 18.4 Å². The van der Waals surface area contributed by atoms with Crippen LogP contribution in [0.5, 0.6) is 0 Å². The van der Waals surface area contributed by atoms with E-state index < -0.39 is 0 Å². The minimum atomic E-state index is 0.312. The third kappa shape index (κ3) is 2.51. The van der Waals surface area contributed by atoms with Crippen molar-refractivity contribution < 1.29 is 4.74 Å². The van der Waals surface area contributed by atoms with Crippen molar-refractivity contribution >= 4 is 22.8 Å². The molecule has 0 aliphatic carbocycles. The van der Waals surface area contributed by atoms with Gasteiger partial charge in [-0.25, -0.2) is 4.98 Å². The van der Waals surface area contributed by atoms with E-state index in [1.54, 1.807) is 11.3 Å². The van der Waals surface area contributed by atoms with E-state index in [2.05, 4.69) is 52.5 Å². The van der Waals surface area contributed by atoms with Gasteiger partial charge in [0.1, 0.15) is 17.2 Å². The Labute approximate surface area is 133 Å². The lowest BCUT2D eigenvalue weighted by atomic mass is 10.2. The Bertz CT molecular complexity index is 773. The second-order valence-corrected chi connectivity index (χ2v) is 6.68. The van der Waals surface area contributed by atoms with Gasteiger partial charge in [-0.15, -0.1) is 11.3 Å². The molecule has 114 valence electrons. The van der Waals surface area contributed by atoms with Crippen LogP contribution >= 0.6 is 11.3 Å². The van der Waals surface area contributed by atoms with Crippen molar-refractivity contribution in [1.29, 1.82) is 0 Å². The van der Waals surface area contributed by atoms with Crippen LogP contribution in [0.4, 0.5) is 5.82 Å². The predicted molar refractivity (Wildman–Crippen MR) is 90.7 cm³/mol. The van der Waals surface area contributed by atoms with Crippen molar-refractivity contribution in [1.82, 2.24) is 9.38 Å². The topological polar surface area (TPSA) is 38.6 Å². The summed E-state index contributed by atoms with van der Waals surface area (Å²) in [6.45, 7) is 3.82. The lowest BCUT2D eigenvalue weighted by molar-refractivity contribution is 0.120. The highest BCUT2D eigenvalue weighted by Crippen LogP contribution is 2.32. The van der Waals surface area contributed by atoms with E-state index in [-0.39, 0.29) is 0 Å². The van der Waals surface area contributed by atoms with Gasteiger partial charge in [0.15, 0.2) is 0 Å². The van der Waals surface area contributed by atoms with Crippen LogP contribution < -0.4 is 5.32 Å². The molecule has 0 aromatic carbocycles. The van der Waals surface area contributed by atoms with Gasteiger partial charge in [-0.3, -0.25) is 4.40 Å². The lowest BCUT2D eigenvalue weighted by Gasteiger charge is -2.13. The highest BCUT2D eigenvalue weighted by atomic mass is 32.1. The van der Waals surface area contributed by atoms with Gasteiger partial charge in [0, 0.05) is 19.3 Å². The van der Waals surface area contributed by atoms with Crippen LogP contribution in [-0.2, 0) is 4.74 Å². The highest BCUT2D eigenvalue weighted by molar-refractivity contribution is 7.13. The third-order valence-corrected chi connectivity index (χ3v) is 4.92. The quantitative estimate of drug-likeness (QED) is 0.792. The van der Waals surface area contributed by atoms with Crippen molar-refractivity contribution in [2.24, 2.45) is 0 Å². The van der Waals surface area contributed by atoms with E-state index in [0.717, 1.165) is 43.2 Å². The van der Waals surface area contributed by atoms with Gasteiger partial charge in [0.25, 0.3) is 0 Å². The number of thiophene rings is 1. The summed E-state index contributed by atoms with van der Waals surface area (Å²) < 4.78 is 7.88. The van der Waals surface area contributed by atoms with E-state index in [1.807, 2.05) is 0 Å². The van der Waals surface area contributed by atoms with Crippen LogP contribution in [0, 0.1) is 6.92 Å². The Morgan fingerprint density at radius 1 is 1.41 bits per heavy atom. The van der Waals surface area contributed by atoms with Crippen molar-refractivity contribution in [3.05, 3.63) is 41.4 Å². The molecule has 1 saturated heterocycles. The molecule has 1 N–H and O–H groups in total. The van der Waals surface area contributed by atoms with E-state index in [9.17, 15) is 0 Å². The summed E-state index contributed by atoms with van der Waals surface area (Å²) in [6, 6.07) is 8.36. The molecule has 0 saturated carbocycles. The first-order valence-electron chi connectivity index (χ1n) is 7.69. The molecule has 4 nitrogen and oxygen atoms in total. The number of nitrogens with zero attached hydrogens (tertiary/aromatic N) is 2. The SMILES string of the molecule is Cc1ccc2nc(-c3cccs3)c(NCC3CCCO3)n2c1. The molecule has 0 amide bonds. The molecule has 1 aliphatic heterocycles. The van der Waals surface area contributed by atoms with Crippen LogP contribution in [-0.4, -0.2) is 28.6 Å². The Balaban J connectivity index is 1.74. The van der Waals surface area contributed by atoms with Crippen LogP contribution in [0.15, 0.2) is 35.8 Å². The molecule has 3 aromatic rings. The van der Waals surface area contributed by atoms with Crippen LogP contribution in [0.2, 0.25) is 0 Å². The van der Waals surface area contributed by atoms with Crippen LogP contribution in [0.3, 0.4) is 0 Å². The second kappa shape index (κ2) is 5.74. The number of anilines is 1. The van der Waals surface area contributed by atoms with Crippen molar-refractivity contribution in [3.8, 4) is 10.6 Å². The molecule has 0 spiro atoms. The first-order chi connectivity index (χ1) is 10.8. The lowest BCUT2D eigenvalue weighted by Crippen LogP contribution is -2.19. The van der Waals surface area contributed by atoms with Crippen molar-refractivity contribution in [3.63, 3.8) is 0 Å². The third-order valence-electron chi connectivity index (χ3n) is 4.04. The molecule has 0 bridgehead atoms. The number of hydrogen-bond acceptors (Lipinski definition) is 4. The molecule has 3 aromatic heterocycles. The number of rotatable bonds is 4. The summed E-state index contributed by atoms with van der Waals surface area (Å²) in [4.78, 5) is 6.00. The monoisotopic (exact) mass is 313 g/mol. The normalized spacial score (nSPS) is 18.1. The summed E-state index contributed by atoms with van der Waals surface area (Å²) in [7, 11) is 0. The number of fused-ring (bicyclic) bond motifs is 1. The summed E-state index contributed by atoms with van der Waals surface area (Å²) in [5.41, 5.74) is 3.23. The van der Waals surface area contributed by atoms with Gasteiger partial charge in [0.05, 0.1) is 11.0 Å². The smallest absolute Gasteiger partial charge is 0.139 e. The summed E-state index contributed by atoms with van der Waals surface area (Å²) in [6.07, 6.45) is 4.75.